The Morgan fingerprint density at radius 1 is 1.43 bits per heavy atom. The standard InChI is InChI=1S/C14H17BrN2O4/c1-14(2)12(19)17(13(20)16-14)7-10(18)8-21-11-5-3-4-9(15)6-11/h3-6,10,18H,7-8H2,1-2H3,(H,16,20)/t10-/m1/s1. The van der Waals surface area contributed by atoms with E-state index in [0.29, 0.717) is 5.75 Å². The number of nitrogens with one attached hydrogen (secondary N) is 1. The summed E-state index contributed by atoms with van der Waals surface area (Å²) in [6.45, 7) is 3.14. The molecule has 0 aliphatic carbocycles. The Bertz CT molecular complexity index is 562. The zero-order valence-corrected chi connectivity index (χ0v) is 13.4. The minimum Gasteiger partial charge on any atom is -0.491 e. The lowest BCUT2D eigenvalue weighted by Gasteiger charge is -2.19. The van der Waals surface area contributed by atoms with Crippen LogP contribution < -0.4 is 10.1 Å². The molecule has 6 nitrogen and oxygen atoms in total. The van der Waals surface area contributed by atoms with E-state index in [-0.39, 0.29) is 19.1 Å². The van der Waals surface area contributed by atoms with E-state index in [1.54, 1.807) is 26.0 Å². The van der Waals surface area contributed by atoms with E-state index < -0.39 is 17.7 Å². The Morgan fingerprint density at radius 2 is 2.14 bits per heavy atom. The van der Waals surface area contributed by atoms with Crippen LogP contribution in [0, 0.1) is 0 Å². The second-order valence-electron chi connectivity index (χ2n) is 5.39. The molecule has 0 spiro atoms. The van der Waals surface area contributed by atoms with Gasteiger partial charge in [-0.3, -0.25) is 9.69 Å². The molecule has 1 aromatic carbocycles. The molecule has 0 saturated carbocycles. The van der Waals surface area contributed by atoms with Crippen molar-refractivity contribution in [3.63, 3.8) is 0 Å². The summed E-state index contributed by atoms with van der Waals surface area (Å²) in [4.78, 5) is 24.7. The summed E-state index contributed by atoms with van der Waals surface area (Å²) in [5.41, 5.74) is -0.929. The number of hydrogen-bond donors (Lipinski definition) is 2. The van der Waals surface area contributed by atoms with Crippen molar-refractivity contribution in [1.29, 1.82) is 0 Å². The van der Waals surface area contributed by atoms with E-state index in [0.717, 1.165) is 9.37 Å². The first-order chi connectivity index (χ1) is 9.79. The number of aliphatic hydroxyl groups is 1. The molecule has 1 fully saturated rings. The van der Waals surface area contributed by atoms with Gasteiger partial charge in [0.15, 0.2) is 0 Å². The average molecular weight is 357 g/mol. The predicted octanol–water partition coefficient (Wildman–Crippen LogP) is 1.52. The minimum absolute atomic E-state index is 0.00601. The number of imide groups is 1. The van der Waals surface area contributed by atoms with E-state index in [4.69, 9.17) is 4.74 Å². The van der Waals surface area contributed by atoms with Gasteiger partial charge in [0.25, 0.3) is 5.91 Å². The van der Waals surface area contributed by atoms with E-state index in [1.807, 2.05) is 12.1 Å². The molecule has 1 aromatic rings. The van der Waals surface area contributed by atoms with Gasteiger partial charge in [-0.25, -0.2) is 4.79 Å². The molecule has 1 aliphatic rings. The number of nitrogens with zero attached hydrogens (tertiary/aromatic N) is 1. The molecule has 1 aliphatic heterocycles. The second-order valence-corrected chi connectivity index (χ2v) is 6.31. The summed E-state index contributed by atoms with van der Waals surface area (Å²) in [6, 6.07) is 6.70. The van der Waals surface area contributed by atoms with Crippen molar-refractivity contribution in [2.45, 2.75) is 25.5 Å². The molecule has 2 N–H and O–H groups in total. The summed E-state index contributed by atoms with van der Waals surface area (Å²) < 4.78 is 6.30. The van der Waals surface area contributed by atoms with Crippen molar-refractivity contribution in [1.82, 2.24) is 10.2 Å². The second kappa shape index (κ2) is 6.03. The van der Waals surface area contributed by atoms with Gasteiger partial charge in [0.1, 0.15) is 24.0 Å². The fourth-order valence-corrected chi connectivity index (χ4v) is 2.37. The highest BCUT2D eigenvalue weighted by Crippen LogP contribution is 2.19. The molecule has 0 unspecified atom stereocenters. The maximum absolute atomic E-state index is 12.0. The van der Waals surface area contributed by atoms with Gasteiger partial charge >= 0.3 is 6.03 Å². The van der Waals surface area contributed by atoms with Crippen LogP contribution in [0.1, 0.15) is 13.8 Å². The van der Waals surface area contributed by atoms with E-state index in [2.05, 4.69) is 21.2 Å². The summed E-state index contributed by atoms with van der Waals surface area (Å²) >= 11 is 3.32. The Kier molecular flexibility index (Phi) is 4.53. The van der Waals surface area contributed by atoms with Crippen LogP contribution in [0.15, 0.2) is 28.7 Å². The summed E-state index contributed by atoms with van der Waals surface area (Å²) in [6.07, 6.45) is -0.951. The van der Waals surface area contributed by atoms with Gasteiger partial charge < -0.3 is 15.2 Å². The number of ether oxygens (including phenoxy) is 1. The topological polar surface area (TPSA) is 78.9 Å². The Hall–Kier alpha value is -1.60. The highest BCUT2D eigenvalue weighted by Gasteiger charge is 2.44. The molecule has 0 bridgehead atoms. The lowest BCUT2D eigenvalue weighted by atomic mass is 10.1. The Balaban J connectivity index is 1.89. The van der Waals surface area contributed by atoms with Crippen LogP contribution in [0.5, 0.6) is 5.75 Å². The van der Waals surface area contributed by atoms with Gasteiger partial charge in [-0.1, -0.05) is 22.0 Å². The molecule has 21 heavy (non-hydrogen) atoms. The number of hydrogen-bond acceptors (Lipinski definition) is 4. The van der Waals surface area contributed by atoms with Crippen LogP contribution in [-0.2, 0) is 4.79 Å². The third-order valence-corrected chi connectivity index (χ3v) is 3.57. The molecule has 1 atom stereocenters. The first-order valence-corrected chi connectivity index (χ1v) is 7.29. The summed E-state index contributed by atoms with van der Waals surface area (Å²) in [5.74, 6) is 0.245. The molecule has 1 heterocycles. The zero-order valence-electron chi connectivity index (χ0n) is 11.8. The number of carbonyl (C=O) groups is 2. The van der Waals surface area contributed by atoms with Gasteiger partial charge in [0.05, 0.1) is 6.54 Å². The van der Waals surface area contributed by atoms with Crippen molar-refractivity contribution in [2.24, 2.45) is 0 Å². The Labute approximate surface area is 131 Å². The highest BCUT2D eigenvalue weighted by molar-refractivity contribution is 9.10. The monoisotopic (exact) mass is 356 g/mol. The maximum atomic E-state index is 12.0. The van der Waals surface area contributed by atoms with Gasteiger partial charge in [-0.05, 0) is 32.0 Å². The van der Waals surface area contributed by atoms with Crippen molar-refractivity contribution in [2.75, 3.05) is 13.2 Å². The van der Waals surface area contributed by atoms with E-state index in [9.17, 15) is 14.7 Å². The summed E-state index contributed by atoms with van der Waals surface area (Å²) in [5, 5.41) is 12.5. The number of carbonyl (C=O) groups excluding carboxylic acids is 2. The number of rotatable bonds is 5. The number of aliphatic hydroxyl groups excluding tert-OH is 1. The molecule has 114 valence electrons. The fraction of sp³-hybridized carbons (Fsp3) is 0.429. The molecule has 2 rings (SSSR count). The van der Waals surface area contributed by atoms with Crippen molar-refractivity contribution in [3.8, 4) is 5.75 Å². The van der Waals surface area contributed by atoms with Gasteiger partial charge in [-0.2, -0.15) is 0 Å². The fourth-order valence-electron chi connectivity index (χ4n) is 2.00. The smallest absolute Gasteiger partial charge is 0.325 e. The zero-order chi connectivity index (χ0) is 15.6. The number of amides is 3. The summed E-state index contributed by atoms with van der Waals surface area (Å²) in [7, 11) is 0. The molecule has 0 aromatic heterocycles. The number of urea groups is 1. The predicted molar refractivity (Wildman–Crippen MR) is 80.0 cm³/mol. The molecule has 3 amide bonds. The first kappa shape index (κ1) is 15.8. The van der Waals surface area contributed by atoms with Crippen LogP contribution in [0.3, 0.4) is 0 Å². The van der Waals surface area contributed by atoms with Gasteiger partial charge in [0, 0.05) is 4.47 Å². The van der Waals surface area contributed by atoms with E-state index >= 15 is 0 Å². The molecule has 1 saturated heterocycles. The molecular formula is C14H17BrN2O4. The van der Waals surface area contributed by atoms with E-state index in [1.165, 1.54) is 0 Å². The largest absolute Gasteiger partial charge is 0.491 e. The normalized spacial score (nSPS) is 18.6. The number of halogens is 1. The third-order valence-electron chi connectivity index (χ3n) is 3.08. The van der Waals surface area contributed by atoms with Crippen LogP contribution >= 0.6 is 15.9 Å². The maximum Gasteiger partial charge on any atom is 0.325 e. The number of benzene rings is 1. The molecule has 7 heteroatoms. The lowest BCUT2D eigenvalue weighted by molar-refractivity contribution is -0.131. The lowest BCUT2D eigenvalue weighted by Crippen LogP contribution is -2.42. The van der Waals surface area contributed by atoms with Crippen LogP contribution in [0.2, 0.25) is 0 Å². The van der Waals surface area contributed by atoms with Crippen molar-refractivity contribution in [3.05, 3.63) is 28.7 Å². The SMILES string of the molecule is CC1(C)NC(=O)N(C[C@@H](O)COc2cccc(Br)c2)C1=O. The molecule has 0 radical (unpaired) electrons. The van der Waals surface area contributed by atoms with Crippen LogP contribution in [0.4, 0.5) is 4.79 Å². The van der Waals surface area contributed by atoms with Crippen molar-refractivity contribution < 1.29 is 19.4 Å². The highest BCUT2D eigenvalue weighted by atomic mass is 79.9. The van der Waals surface area contributed by atoms with Crippen molar-refractivity contribution >= 4 is 27.9 Å². The first-order valence-electron chi connectivity index (χ1n) is 6.50. The van der Waals surface area contributed by atoms with Gasteiger partial charge in [0.2, 0.25) is 0 Å². The average Bonchev–Trinajstić information content (AvgIpc) is 2.59. The van der Waals surface area contributed by atoms with Gasteiger partial charge in [-0.15, -0.1) is 0 Å². The van der Waals surface area contributed by atoms with Crippen LogP contribution in [-0.4, -0.2) is 46.7 Å². The minimum atomic E-state index is -0.951. The third kappa shape index (κ3) is 3.74. The quantitative estimate of drug-likeness (QED) is 0.784. The van der Waals surface area contributed by atoms with Crippen LogP contribution in [0.25, 0.3) is 0 Å². The molecular weight excluding hydrogens is 340 g/mol. The Morgan fingerprint density at radius 3 is 2.71 bits per heavy atom. The number of β-amino-alcohol motifs (C(OH)–C–C–N with tert-alkyl or cyclic N) is 1.